The first-order valence-electron chi connectivity index (χ1n) is 9.77. The van der Waals surface area contributed by atoms with E-state index in [1.54, 1.807) is 12.1 Å². The SMILES string of the molecule is CS(=O)(=O)Nc1ccc(CN2CN(c3ccccc3)C3(CCNCC3)C2=O)cc1. The normalized spacial score (nSPS) is 19.0. The third-order valence-electron chi connectivity index (χ3n) is 5.64. The van der Waals surface area contributed by atoms with Crippen LogP contribution in [0.4, 0.5) is 11.4 Å². The quantitative estimate of drug-likeness (QED) is 0.782. The summed E-state index contributed by atoms with van der Waals surface area (Å²) in [4.78, 5) is 17.6. The Morgan fingerprint density at radius 3 is 2.31 bits per heavy atom. The minimum Gasteiger partial charge on any atom is -0.339 e. The summed E-state index contributed by atoms with van der Waals surface area (Å²) < 4.78 is 25.2. The van der Waals surface area contributed by atoms with Crippen LogP contribution in [0.25, 0.3) is 0 Å². The van der Waals surface area contributed by atoms with Crippen LogP contribution in [-0.4, -0.2) is 50.8 Å². The molecule has 0 aromatic heterocycles. The molecule has 7 nitrogen and oxygen atoms in total. The average Bonchev–Trinajstić information content (AvgIpc) is 2.96. The van der Waals surface area contributed by atoms with Gasteiger partial charge in [0.1, 0.15) is 5.54 Å². The number of carbonyl (C=O) groups is 1. The molecule has 2 N–H and O–H groups in total. The van der Waals surface area contributed by atoms with Gasteiger partial charge in [0.15, 0.2) is 0 Å². The molecule has 2 aromatic rings. The van der Waals surface area contributed by atoms with E-state index in [1.807, 2.05) is 35.2 Å². The van der Waals surface area contributed by atoms with Crippen molar-refractivity contribution in [1.29, 1.82) is 0 Å². The lowest BCUT2D eigenvalue weighted by molar-refractivity contribution is -0.133. The standard InChI is InChI=1S/C21H26N4O3S/c1-29(27,28)23-18-9-7-17(8-10-18)15-24-16-25(19-5-3-2-4-6-19)21(20(24)26)11-13-22-14-12-21/h2-10,22-23H,11-16H2,1H3. The highest BCUT2D eigenvalue weighted by atomic mass is 32.2. The van der Waals surface area contributed by atoms with Gasteiger partial charge in [-0.15, -0.1) is 0 Å². The molecule has 1 spiro atoms. The molecule has 2 fully saturated rings. The number of hydrogen-bond donors (Lipinski definition) is 2. The lowest BCUT2D eigenvalue weighted by Gasteiger charge is -2.40. The molecule has 0 aliphatic carbocycles. The van der Waals surface area contributed by atoms with Crippen LogP contribution in [0.3, 0.4) is 0 Å². The van der Waals surface area contributed by atoms with Crippen molar-refractivity contribution < 1.29 is 13.2 Å². The van der Waals surface area contributed by atoms with Crippen molar-refractivity contribution in [2.45, 2.75) is 24.9 Å². The van der Waals surface area contributed by atoms with Crippen molar-refractivity contribution in [3.05, 3.63) is 60.2 Å². The molecule has 29 heavy (non-hydrogen) atoms. The van der Waals surface area contributed by atoms with E-state index in [4.69, 9.17) is 0 Å². The number of benzene rings is 2. The van der Waals surface area contributed by atoms with Crippen LogP contribution < -0.4 is 14.9 Å². The largest absolute Gasteiger partial charge is 0.339 e. The van der Waals surface area contributed by atoms with Gasteiger partial charge in [0.05, 0.1) is 12.9 Å². The molecule has 2 aliphatic heterocycles. The number of sulfonamides is 1. The van der Waals surface area contributed by atoms with E-state index in [-0.39, 0.29) is 5.91 Å². The number of piperidine rings is 1. The zero-order chi connectivity index (χ0) is 20.5. The topological polar surface area (TPSA) is 81.8 Å². The summed E-state index contributed by atoms with van der Waals surface area (Å²) in [5.41, 5.74) is 2.06. The Kier molecular flexibility index (Phi) is 5.23. The highest BCUT2D eigenvalue weighted by Crippen LogP contribution is 2.38. The Labute approximate surface area is 171 Å². The zero-order valence-corrected chi connectivity index (χ0v) is 17.3. The monoisotopic (exact) mass is 414 g/mol. The van der Waals surface area contributed by atoms with E-state index >= 15 is 0 Å². The van der Waals surface area contributed by atoms with Crippen molar-refractivity contribution in [2.24, 2.45) is 0 Å². The van der Waals surface area contributed by atoms with Crippen LogP contribution >= 0.6 is 0 Å². The van der Waals surface area contributed by atoms with Crippen LogP contribution in [0.5, 0.6) is 0 Å². The second kappa shape index (κ2) is 7.68. The fourth-order valence-corrected chi connectivity index (χ4v) is 4.84. The number of nitrogens with zero attached hydrogens (tertiary/aromatic N) is 2. The molecule has 8 heteroatoms. The van der Waals surface area contributed by atoms with Crippen LogP contribution in [0.15, 0.2) is 54.6 Å². The third-order valence-corrected chi connectivity index (χ3v) is 6.25. The van der Waals surface area contributed by atoms with E-state index in [1.165, 1.54) is 0 Å². The molecular formula is C21H26N4O3S. The summed E-state index contributed by atoms with van der Waals surface area (Å²) in [6, 6.07) is 17.3. The fourth-order valence-electron chi connectivity index (χ4n) is 4.28. The first kappa shape index (κ1) is 19.7. The Morgan fingerprint density at radius 2 is 1.69 bits per heavy atom. The van der Waals surface area contributed by atoms with Crippen LogP contribution in [0.2, 0.25) is 0 Å². The smallest absolute Gasteiger partial charge is 0.250 e. The lowest BCUT2D eigenvalue weighted by Crippen LogP contribution is -2.55. The molecule has 4 rings (SSSR count). The van der Waals surface area contributed by atoms with E-state index in [2.05, 4.69) is 27.1 Å². The second-order valence-corrected chi connectivity index (χ2v) is 9.51. The van der Waals surface area contributed by atoms with E-state index in [0.717, 1.165) is 43.4 Å². The average molecular weight is 415 g/mol. The van der Waals surface area contributed by atoms with Crippen LogP contribution in [-0.2, 0) is 21.4 Å². The van der Waals surface area contributed by atoms with Crippen molar-refractivity contribution >= 4 is 27.3 Å². The van der Waals surface area contributed by atoms with Crippen LogP contribution in [0, 0.1) is 0 Å². The van der Waals surface area contributed by atoms with Gasteiger partial charge in [-0.2, -0.15) is 0 Å². The number of hydrogen-bond acceptors (Lipinski definition) is 5. The van der Waals surface area contributed by atoms with Crippen molar-refractivity contribution in [3.63, 3.8) is 0 Å². The maximum absolute atomic E-state index is 13.5. The summed E-state index contributed by atoms with van der Waals surface area (Å²) in [5.74, 6) is 0.168. The van der Waals surface area contributed by atoms with Gasteiger partial charge in [0.25, 0.3) is 0 Å². The number of nitrogens with one attached hydrogen (secondary N) is 2. The molecule has 2 aromatic carbocycles. The minimum absolute atomic E-state index is 0.168. The molecule has 2 saturated heterocycles. The summed E-state index contributed by atoms with van der Waals surface area (Å²) >= 11 is 0. The number of amides is 1. The number of carbonyl (C=O) groups excluding carboxylic acids is 1. The Morgan fingerprint density at radius 1 is 1.03 bits per heavy atom. The van der Waals surface area contributed by atoms with Gasteiger partial charge in [0, 0.05) is 17.9 Å². The van der Waals surface area contributed by atoms with E-state index in [0.29, 0.717) is 18.9 Å². The highest BCUT2D eigenvalue weighted by molar-refractivity contribution is 7.92. The van der Waals surface area contributed by atoms with Gasteiger partial charge in [-0.05, 0) is 55.8 Å². The van der Waals surface area contributed by atoms with E-state index in [9.17, 15) is 13.2 Å². The number of para-hydroxylation sites is 1. The fraction of sp³-hybridized carbons (Fsp3) is 0.381. The predicted molar refractivity (Wildman–Crippen MR) is 114 cm³/mol. The molecule has 2 aliphatic rings. The molecule has 0 saturated carbocycles. The Bertz CT molecular complexity index is 971. The summed E-state index contributed by atoms with van der Waals surface area (Å²) in [5, 5.41) is 3.36. The maximum atomic E-state index is 13.5. The van der Waals surface area contributed by atoms with Gasteiger partial charge in [0.2, 0.25) is 15.9 Å². The van der Waals surface area contributed by atoms with Crippen molar-refractivity contribution in [2.75, 3.05) is 35.6 Å². The lowest BCUT2D eigenvalue weighted by atomic mass is 9.86. The maximum Gasteiger partial charge on any atom is 0.250 e. The van der Waals surface area contributed by atoms with Gasteiger partial charge in [-0.3, -0.25) is 9.52 Å². The molecular weight excluding hydrogens is 388 g/mol. The van der Waals surface area contributed by atoms with E-state index < -0.39 is 15.6 Å². The van der Waals surface area contributed by atoms with Crippen molar-refractivity contribution in [3.8, 4) is 0 Å². The van der Waals surface area contributed by atoms with Gasteiger partial charge in [-0.25, -0.2) is 8.42 Å². The first-order chi connectivity index (χ1) is 13.9. The van der Waals surface area contributed by atoms with Gasteiger partial charge < -0.3 is 15.1 Å². The second-order valence-electron chi connectivity index (χ2n) is 7.76. The molecule has 1 amide bonds. The predicted octanol–water partition coefficient (Wildman–Crippen LogP) is 1.99. The van der Waals surface area contributed by atoms with Gasteiger partial charge in [-0.1, -0.05) is 30.3 Å². The summed E-state index contributed by atoms with van der Waals surface area (Å²) in [6.07, 6.45) is 2.70. The molecule has 0 atom stereocenters. The first-order valence-corrected chi connectivity index (χ1v) is 11.7. The minimum atomic E-state index is -3.30. The Hall–Kier alpha value is -2.58. The Balaban J connectivity index is 1.56. The van der Waals surface area contributed by atoms with Crippen molar-refractivity contribution in [1.82, 2.24) is 10.2 Å². The molecule has 154 valence electrons. The van der Waals surface area contributed by atoms with Crippen LogP contribution in [0.1, 0.15) is 18.4 Å². The number of rotatable bonds is 5. The molecule has 0 unspecified atom stereocenters. The summed E-state index contributed by atoms with van der Waals surface area (Å²) in [6.45, 7) is 2.70. The number of anilines is 2. The highest BCUT2D eigenvalue weighted by Gasteiger charge is 2.52. The van der Waals surface area contributed by atoms with Gasteiger partial charge >= 0.3 is 0 Å². The zero-order valence-electron chi connectivity index (χ0n) is 16.5. The molecule has 0 radical (unpaired) electrons. The third kappa shape index (κ3) is 4.09. The molecule has 2 heterocycles. The summed E-state index contributed by atoms with van der Waals surface area (Å²) in [7, 11) is -3.30. The molecule has 0 bridgehead atoms.